The molecule has 0 fully saturated rings. The standard InChI is InChI=1S/C13H17F2NO/c1-9-4-5-11(10(2)6-9)12(17)7-16(3)8-13(14)15/h4-6,13H,7-8H2,1-3H3. The quantitative estimate of drug-likeness (QED) is 0.739. The summed E-state index contributed by atoms with van der Waals surface area (Å²) in [5.41, 5.74) is 2.58. The molecule has 2 nitrogen and oxygen atoms in total. The van der Waals surface area contributed by atoms with Crippen molar-refractivity contribution in [1.82, 2.24) is 4.90 Å². The molecule has 17 heavy (non-hydrogen) atoms. The lowest BCUT2D eigenvalue weighted by atomic mass is 10.0. The highest BCUT2D eigenvalue weighted by atomic mass is 19.3. The number of benzene rings is 1. The molecule has 0 radical (unpaired) electrons. The van der Waals surface area contributed by atoms with Gasteiger partial charge in [0.2, 0.25) is 0 Å². The van der Waals surface area contributed by atoms with Crippen LogP contribution in [0.2, 0.25) is 0 Å². The molecule has 1 rings (SSSR count). The second kappa shape index (κ2) is 5.87. The fraction of sp³-hybridized carbons (Fsp3) is 0.462. The highest BCUT2D eigenvalue weighted by molar-refractivity contribution is 5.98. The topological polar surface area (TPSA) is 20.3 Å². The number of likely N-dealkylation sites (N-methyl/N-ethyl adjacent to an activating group) is 1. The monoisotopic (exact) mass is 241 g/mol. The van der Waals surface area contributed by atoms with Gasteiger partial charge in [-0.05, 0) is 26.5 Å². The number of rotatable bonds is 5. The molecule has 0 aliphatic carbocycles. The van der Waals surface area contributed by atoms with Crippen molar-refractivity contribution in [3.05, 3.63) is 34.9 Å². The lowest BCUT2D eigenvalue weighted by molar-refractivity contribution is 0.0819. The molecule has 0 atom stereocenters. The Morgan fingerprint density at radius 1 is 1.35 bits per heavy atom. The number of aryl methyl sites for hydroxylation is 2. The number of alkyl halides is 2. The van der Waals surface area contributed by atoms with E-state index in [0.717, 1.165) is 11.1 Å². The predicted molar refractivity (Wildman–Crippen MR) is 63.7 cm³/mol. The van der Waals surface area contributed by atoms with Crippen molar-refractivity contribution < 1.29 is 13.6 Å². The van der Waals surface area contributed by atoms with Crippen LogP contribution in [0.3, 0.4) is 0 Å². The molecule has 0 N–H and O–H groups in total. The van der Waals surface area contributed by atoms with Crippen molar-refractivity contribution in [3.8, 4) is 0 Å². The molecule has 0 heterocycles. The molecule has 94 valence electrons. The fourth-order valence-electron chi connectivity index (χ4n) is 1.76. The van der Waals surface area contributed by atoms with E-state index in [4.69, 9.17) is 0 Å². The molecule has 0 aliphatic heterocycles. The number of halogens is 2. The van der Waals surface area contributed by atoms with Crippen molar-refractivity contribution in [2.24, 2.45) is 0 Å². The summed E-state index contributed by atoms with van der Waals surface area (Å²) in [5, 5.41) is 0. The zero-order chi connectivity index (χ0) is 13.0. The van der Waals surface area contributed by atoms with Crippen LogP contribution in [-0.2, 0) is 0 Å². The average molecular weight is 241 g/mol. The second-order valence-electron chi connectivity index (χ2n) is 4.33. The van der Waals surface area contributed by atoms with Crippen molar-refractivity contribution in [2.75, 3.05) is 20.1 Å². The smallest absolute Gasteiger partial charge is 0.251 e. The molecular weight excluding hydrogens is 224 g/mol. The number of nitrogens with zero attached hydrogens (tertiary/aromatic N) is 1. The second-order valence-corrected chi connectivity index (χ2v) is 4.33. The van der Waals surface area contributed by atoms with E-state index in [2.05, 4.69) is 0 Å². The van der Waals surface area contributed by atoms with Crippen molar-refractivity contribution in [2.45, 2.75) is 20.3 Å². The van der Waals surface area contributed by atoms with Gasteiger partial charge in [0.25, 0.3) is 6.43 Å². The number of carbonyl (C=O) groups excluding carboxylic acids is 1. The molecular formula is C13H17F2NO. The van der Waals surface area contributed by atoms with Crippen LogP contribution in [0.25, 0.3) is 0 Å². The van der Waals surface area contributed by atoms with Gasteiger partial charge in [0.05, 0.1) is 13.1 Å². The van der Waals surface area contributed by atoms with Crippen LogP contribution in [-0.4, -0.2) is 37.2 Å². The van der Waals surface area contributed by atoms with Gasteiger partial charge in [0, 0.05) is 5.56 Å². The van der Waals surface area contributed by atoms with Crippen molar-refractivity contribution in [3.63, 3.8) is 0 Å². The number of ketones is 1. The van der Waals surface area contributed by atoms with E-state index in [1.807, 2.05) is 26.0 Å². The largest absolute Gasteiger partial charge is 0.293 e. The zero-order valence-corrected chi connectivity index (χ0v) is 10.3. The van der Waals surface area contributed by atoms with Crippen LogP contribution >= 0.6 is 0 Å². The number of Topliss-reactive ketones (excluding diaryl/α,β-unsaturated/α-hetero) is 1. The Balaban J connectivity index is 2.70. The van der Waals surface area contributed by atoms with Crippen LogP contribution < -0.4 is 0 Å². The zero-order valence-electron chi connectivity index (χ0n) is 10.3. The van der Waals surface area contributed by atoms with Crippen LogP contribution in [0.1, 0.15) is 21.5 Å². The fourth-order valence-corrected chi connectivity index (χ4v) is 1.76. The Morgan fingerprint density at radius 3 is 2.53 bits per heavy atom. The Labute approximate surface area is 100 Å². The summed E-state index contributed by atoms with van der Waals surface area (Å²) in [7, 11) is 1.52. The maximum absolute atomic E-state index is 12.1. The summed E-state index contributed by atoms with van der Waals surface area (Å²) in [4.78, 5) is 13.2. The highest BCUT2D eigenvalue weighted by Gasteiger charge is 2.14. The third-order valence-electron chi connectivity index (χ3n) is 2.55. The SMILES string of the molecule is Cc1ccc(C(=O)CN(C)CC(F)F)c(C)c1. The van der Waals surface area contributed by atoms with Gasteiger partial charge in [0.15, 0.2) is 5.78 Å². The summed E-state index contributed by atoms with van der Waals surface area (Å²) in [6.45, 7) is 3.45. The summed E-state index contributed by atoms with van der Waals surface area (Å²) in [6.07, 6.45) is -2.41. The first-order chi connectivity index (χ1) is 7.90. The minimum absolute atomic E-state index is 0.0221. The normalized spacial score (nSPS) is 11.2. The molecule has 1 aromatic rings. The van der Waals surface area contributed by atoms with Gasteiger partial charge < -0.3 is 0 Å². The molecule has 0 unspecified atom stereocenters. The molecule has 0 amide bonds. The lowest BCUT2D eigenvalue weighted by Crippen LogP contribution is -2.30. The first-order valence-corrected chi connectivity index (χ1v) is 5.47. The van der Waals surface area contributed by atoms with Gasteiger partial charge in [-0.25, -0.2) is 8.78 Å². The van der Waals surface area contributed by atoms with E-state index >= 15 is 0 Å². The first-order valence-electron chi connectivity index (χ1n) is 5.47. The van der Waals surface area contributed by atoms with Crippen molar-refractivity contribution >= 4 is 5.78 Å². The highest BCUT2D eigenvalue weighted by Crippen LogP contribution is 2.11. The van der Waals surface area contributed by atoms with Crippen LogP contribution in [0.4, 0.5) is 8.78 Å². The van der Waals surface area contributed by atoms with Gasteiger partial charge in [-0.1, -0.05) is 23.8 Å². The Kier molecular flexibility index (Phi) is 4.75. The van der Waals surface area contributed by atoms with Crippen LogP contribution in [0.15, 0.2) is 18.2 Å². The number of hydrogen-bond acceptors (Lipinski definition) is 2. The number of hydrogen-bond donors (Lipinski definition) is 0. The average Bonchev–Trinajstić information content (AvgIpc) is 2.15. The number of carbonyl (C=O) groups is 1. The Morgan fingerprint density at radius 2 is 2.00 bits per heavy atom. The molecule has 0 spiro atoms. The minimum atomic E-state index is -2.41. The molecule has 4 heteroatoms. The molecule has 1 aromatic carbocycles. The molecule has 0 saturated heterocycles. The van der Waals surface area contributed by atoms with E-state index in [1.54, 1.807) is 6.07 Å². The van der Waals surface area contributed by atoms with E-state index in [0.29, 0.717) is 5.56 Å². The summed E-state index contributed by atoms with van der Waals surface area (Å²) in [6, 6.07) is 5.52. The van der Waals surface area contributed by atoms with Gasteiger partial charge in [-0.15, -0.1) is 0 Å². The minimum Gasteiger partial charge on any atom is -0.293 e. The first kappa shape index (κ1) is 13.8. The van der Waals surface area contributed by atoms with E-state index < -0.39 is 6.43 Å². The molecule has 0 bridgehead atoms. The van der Waals surface area contributed by atoms with Crippen LogP contribution in [0, 0.1) is 13.8 Å². The van der Waals surface area contributed by atoms with Gasteiger partial charge in [0.1, 0.15) is 0 Å². The Hall–Kier alpha value is -1.29. The third kappa shape index (κ3) is 4.23. The summed E-state index contributed by atoms with van der Waals surface area (Å²) in [5.74, 6) is -0.120. The van der Waals surface area contributed by atoms with E-state index in [9.17, 15) is 13.6 Å². The predicted octanol–water partition coefficient (Wildman–Crippen LogP) is 2.68. The van der Waals surface area contributed by atoms with E-state index in [-0.39, 0.29) is 18.9 Å². The summed E-state index contributed by atoms with van der Waals surface area (Å²) >= 11 is 0. The van der Waals surface area contributed by atoms with Crippen molar-refractivity contribution in [1.29, 1.82) is 0 Å². The van der Waals surface area contributed by atoms with Gasteiger partial charge in [-0.2, -0.15) is 0 Å². The maximum atomic E-state index is 12.1. The molecule has 0 saturated carbocycles. The Bertz CT molecular complexity index is 404. The molecule has 0 aromatic heterocycles. The maximum Gasteiger partial charge on any atom is 0.251 e. The van der Waals surface area contributed by atoms with Gasteiger partial charge >= 0.3 is 0 Å². The lowest BCUT2D eigenvalue weighted by Gasteiger charge is -2.15. The third-order valence-corrected chi connectivity index (χ3v) is 2.55. The molecule has 0 aliphatic rings. The summed E-state index contributed by atoms with van der Waals surface area (Å²) < 4.78 is 24.2. The van der Waals surface area contributed by atoms with E-state index in [1.165, 1.54) is 11.9 Å². The van der Waals surface area contributed by atoms with Gasteiger partial charge in [-0.3, -0.25) is 9.69 Å². The van der Waals surface area contributed by atoms with Crippen LogP contribution in [0.5, 0.6) is 0 Å².